The van der Waals surface area contributed by atoms with Gasteiger partial charge in [0.1, 0.15) is 21.5 Å². The normalized spacial score (nSPS) is 12.1. The molecule has 0 aliphatic heterocycles. The number of rotatable bonds is 6. The van der Waals surface area contributed by atoms with Crippen molar-refractivity contribution in [3.05, 3.63) is 95.1 Å². The molecular weight excluding hydrogens is 513 g/mol. The molecule has 0 bridgehead atoms. The molecule has 0 atom stereocenters. The monoisotopic (exact) mass is 527 g/mol. The van der Waals surface area contributed by atoms with Crippen molar-refractivity contribution in [1.29, 1.82) is 0 Å². The van der Waals surface area contributed by atoms with Gasteiger partial charge >= 0.3 is 12.1 Å². The number of carboxylic acid groups (broad SMARTS) is 1. The van der Waals surface area contributed by atoms with Gasteiger partial charge < -0.3 is 5.11 Å². The van der Waals surface area contributed by atoms with Crippen molar-refractivity contribution in [1.82, 2.24) is 0 Å². The van der Waals surface area contributed by atoms with Crippen LogP contribution in [0.4, 0.5) is 27.0 Å². The van der Waals surface area contributed by atoms with Gasteiger partial charge in [-0.1, -0.05) is 24.3 Å². The second kappa shape index (κ2) is 8.93. The van der Waals surface area contributed by atoms with Crippen molar-refractivity contribution in [2.45, 2.75) is 17.6 Å². The lowest BCUT2D eigenvalue weighted by Gasteiger charge is -2.24. The third-order valence-corrected chi connectivity index (χ3v) is 8.12. The number of halogens is 5. The topological polar surface area (TPSA) is 74.7 Å². The van der Waals surface area contributed by atoms with Gasteiger partial charge in [-0.15, -0.1) is 11.3 Å². The van der Waals surface area contributed by atoms with Crippen LogP contribution in [0.25, 0.3) is 10.1 Å². The zero-order chi connectivity index (χ0) is 25.5. The summed E-state index contributed by atoms with van der Waals surface area (Å²) in [5.74, 6) is -4.33. The summed E-state index contributed by atoms with van der Waals surface area (Å²) in [5.41, 5.74) is -2.24. The van der Waals surface area contributed by atoms with E-state index in [2.05, 4.69) is 0 Å². The lowest BCUT2D eigenvalue weighted by molar-refractivity contribution is -0.140. The molecule has 4 rings (SSSR count). The van der Waals surface area contributed by atoms with Crippen LogP contribution in [0.1, 0.15) is 21.5 Å². The molecule has 0 fully saturated rings. The Bertz CT molecular complexity index is 1510. The highest BCUT2D eigenvalue weighted by atomic mass is 32.2. The van der Waals surface area contributed by atoms with Crippen molar-refractivity contribution < 1.29 is 40.3 Å². The Morgan fingerprint density at radius 2 is 1.66 bits per heavy atom. The Balaban J connectivity index is 1.86. The third-order valence-electron chi connectivity index (χ3n) is 5.07. The van der Waals surface area contributed by atoms with E-state index in [1.807, 2.05) is 0 Å². The first-order chi connectivity index (χ1) is 16.4. The number of thiophene rings is 1. The summed E-state index contributed by atoms with van der Waals surface area (Å²) in [5, 5.41) is 9.75. The SMILES string of the molecule is O=C(O)c1ccc(S(=O)(=O)N(Cc2ccc(F)c(C(F)(F)F)c2)c2cc3ccccc3s2)c(F)c1. The average Bonchev–Trinajstić information content (AvgIpc) is 3.21. The molecule has 0 aliphatic carbocycles. The second-order valence-corrected chi connectivity index (χ2v) is 10.3. The lowest BCUT2D eigenvalue weighted by atomic mass is 10.1. The molecule has 4 aromatic rings. The molecule has 1 N–H and O–H groups in total. The average molecular weight is 527 g/mol. The maximum atomic E-state index is 14.7. The van der Waals surface area contributed by atoms with Crippen LogP contribution in [0.15, 0.2) is 71.6 Å². The minimum Gasteiger partial charge on any atom is -0.478 e. The van der Waals surface area contributed by atoms with E-state index < -0.39 is 56.4 Å². The molecule has 182 valence electrons. The van der Waals surface area contributed by atoms with E-state index in [9.17, 15) is 35.2 Å². The maximum Gasteiger partial charge on any atom is 0.419 e. The van der Waals surface area contributed by atoms with E-state index >= 15 is 0 Å². The number of alkyl halides is 3. The second-order valence-electron chi connectivity index (χ2n) is 7.40. The fourth-order valence-corrected chi connectivity index (χ4v) is 6.15. The quantitative estimate of drug-likeness (QED) is 0.299. The lowest BCUT2D eigenvalue weighted by Crippen LogP contribution is -2.31. The largest absolute Gasteiger partial charge is 0.478 e. The molecule has 12 heteroatoms. The predicted molar refractivity (Wildman–Crippen MR) is 120 cm³/mol. The van der Waals surface area contributed by atoms with Gasteiger partial charge in [0.25, 0.3) is 10.0 Å². The molecule has 3 aromatic carbocycles. The van der Waals surface area contributed by atoms with Crippen LogP contribution >= 0.6 is 11.3 Å². The number of hydrogen-bond donors (Lipinski definition) is 1. The van der Waals surface area contributed by atoms with Gasteiger partial charge in [0.05, 0.1) is 17.7 Å². The fraction of sp³-hybridized carbons (Fsp3) is 0.0870. The Hall–Kier alpha value is -3.51. The highest BCUT2D eigenvalue weighted by Gasteiger charge is 2.35. The number of sulfonamides is 1. The highest BCUT2D eigenvalue weighted by molar-refractivity contribution is 7.93. The number of fused-ring (bicyclic) bond motifs is 1. The summed E-state index contributed by atoms with van der Waals surface area (Å²) in [7, 11) is -4.73. The Kier molecular flexibility index (Phi) is 6.28. The van der Waals surface area contributed by atoms with Gasteiger partial charge in [0.15, 0.2) is 0 Å². The maximum absolute atomic E-state index is 14.7. The van der Waals surface area contributed by atoms with E-state index in [4.69, 9.17) is 5.11 Å². The fourth-order valence-electron chi connectivity index (χ4n) is 3.39. The van der Waals surface area contributed by atoms with E-state index in [-0.39, 0.29) is 10.6 Å². The molecule has 0 unspecified atom stereocenters. The van der Waals surface area contributed by atoms with Crippen LogP contribution in [0.5, 0.6) is 0 Å². The van der Waals surface area contributed by atoms with Crippen LogP contribution in [0, 0.1) is 11.6 Å². The van der Waals surface area contributed by atoms with Crippen LogP contribution in [-0.4, -0.2) is 19.5 Å². The molecule has 35 heavy (non-hydrogen) atoms. The first kappa shape index (κ1) is 24.6. The molecule has 0 spiro atoms. The molecule has 1 aromatic heterocycles. The zero-order valence-electron chi connectivity index (χ0n) is 17.4. The van der Waals surface area contributed by atoms with E-state index in [0.29, 0.717) is 32.6 Å². The summed E-state index contributed by atoms with van der Waals surface area (Å²) in [6, 6.07) is 12.6. The molecule has 0 saturated carbocycles. The first-order valence-corrected chi connectivity index (χ1v) is 12.0. The van der Waals surface area contributed by atoms with Gasteiger partial charge in [-0.3, -0.25) is 4.31 Å². The summed E-state index contributed by atoms with van der Waals surface area (Å²) < 4.78 is 96.6. The predicted octanol–water partition coefficient (Wildman–Crippen LogP) is 6.29. The highest BCUT2D eigenvalue weighted by Crippen LogP contribution is 2.38. The first-order valence-electron chi connectivity index (χ1n) is 9.78. The summed E-state index contributed by atoms with van der Waals surface area (Å²) in [4.78, 5) is 10.2. The molecule has 0 aliphatic rings. The van der Waals surface area contributed by atoms with Crippen molar-refractivity contribution >= 4 is 42.4 Å². The number of benzene rings is 3. The molecule has 0 saturated heterocycles. The number of anilines is 1. The minimum atomic E-state index is -5.01. The van der Waals surface area contributed by atoms with Crippen molar-refractivity contribution in [2.75, 3.05) is 4.31 Å². The van der Waals surface area contributed by atoms with Crippen molar-refractivity contribution in [3.63, 3.8) is 0 Å². The Labute approximate surface area is 199 Å². The van der Waals surface area contributed by atoms with E-state index in [1.165, 1.54) is 6.07 Å². The third kappa shape index (κ3) is 4.84. The number of carbonyl (C=O) groups is 1. The number of carboxylic acids is 1. The number of aromatic carboxylic acids is 1. The summed E-state index contributed by atoms with van der Waals surface area (Å²) in [6.45, 7) is -0.668. The van der Waals surface area contributed by atoms with Crippen molar-refractivity contribution in [2.24, 2.45) is 0 Å². The molecule has 0 amide bonds. The molecule has 1 heterocycles. The number of hydrogen-bond acceptors (Lipinski definition) is 4. The van der Waals surface area contributed by atoms with E-state index in [1.54, 1.807) is 24.3 Å². The van der Waals surface area contributed by atoms with Gasteiger partial charge in [0, 0.05) is 4.70 Å². The van der Waals surface area contributed by atoms with Crippen LogP contribution < -0.4 is 4.31 Å². The summed E-state index contributed by atoms with van der Waals surface area (Å²) >= 11 is 1.01. The zero-order valence-corrected chi connectivity index (χ0v) is 19.0. The van der Waals surface area contributed by atoms with Gasteiger partial charge in [0.2, 0.25) is 0 Å². The van der Waals surface area contributed by atoms with Gasteiger partial charge in [-0.2, -0.15) is 13.2 Å². The van der Waals surface area contributed by atoms with Crippen LogP contribution in [0.2, 0.25) is 0 Å². The molecule has 0 radical (unpaired) electrons. The smallest absolute Gasteiger partial charge is 0.419 e. The Morgan fingerprint density at radius 1 is 0.943 bits per heavy atom. The van der Waals surface area contributed by atoms with Gasteiger partial charge in [-0.25, -0.2) is 22.0 Å². The molecule has 5 nitrogen and oxygen atoms in total. The van der Waals surface area contributed by atoms with Crippen LogP contribution in [-0.2, 0) is 22.7 Å². The van der Waals surface area contributed by atoms with Crippen molar-refractivity contribution in [3.8, 4) is 0 Å². The standard InChI is InChI=1S/C23H14F5NO4S2/c24-17-7-5-13(9-16(17)23(26,27)28)12-29(21-11-14-3-1-2-4-19(14)34-21)35(32,33)20-8-6-15(22(30)31)10-18(20)25/h1-11H,12H2,(H,30,31). The Morgan fingerprint density at radius 3 is 2.29 bits per heavy atom. The summed E-state index contributed by atoms with van der Waals surface area (Å²) in [6.07, 6.45) is -5.01. The van der Waals surface area contributed by atoms with Gasteiger partial charge in [-0.05, 0) is 53.4 Å². The van der Waals surface area contributed by atoms with E-state index in [0.717, 1.165) is 29.5 Å². The number of nitrogens with zero attached hydrogens (tertiary/aromatic N) is 1. The van der Waals surface area contributed by atoms with Crippen LogP contribution in [0.3, 0.4) is 0 Å². The minimum absolute atomic E-state index is 0.0748. The molecular formula is C23H14F5NO4S2.